The van der Waals surface area contributed by atoms with E-state index in [0.29, 0.717) is 35.6 Å². The number of rotatable bonds is 14. The summed E-state index contributed by atoms with van der Waals surface area (Å²) >= 11 is 0. The van der Waals surface area contributed by atoms with Crippen molar-refractivity contribution >= 4 is 47.0 Å². The molecule has 0 aromatic heterocycles. The van der Waals surface area contributed by atoms with Gasteiger partial charge in [-0.2, -0.15) is 0 Å². The lowest BCUT2D eigenvalue weighted by Crippen LogP contribution is -2.29. The molecule has 1 heterocycles. The smallest absolute Gasteiger partial charge is 0.336 e. The molecule has 51 heavy (non-hydrogen) atoms. The maximum Gasteiger partial charge on any atom is 0.336 e. The molecular weight excluding hydrogens is 658 g/mol. The van der Waals surface area contributed by atoms with Gasteiger partial charge in [0.15, 0.2) is 11.6 Å². The summed E-state index contributed by atoms with van der Waals surface area (Å²) in [6, 6.07) is 26.3. The van der Waals surface area contributed by atoms with Crippen molar-refractivity contribution in [2.24, 2.45) is 5.92 Å². The Morgan fingerprint density at radius 1 is 0.627 bits per heavy atom. The van der Waals surface area contributed by atoms with Crippen LogP contribution in [0.4, 0.5) is 0 Å². The fraction of sp³-hybridized carbons (Fsp3) is 0.308. The van der Waals surface area contributed by atoms with Crippen LogP contribution in [0.15, 0.2) is 96.6 Å². The Bertz CT molecular complexity index is 1650. The number of carbonyl (C=O) groups excluding carboxylic acids is 7. The summed E-state index contributed by atoms with van der Waals surface area (Å²) in [6.07, 6.45) is -0.401. The summed E-state index contributed by atoms with van der Waals surface area (Å²) in [5, 5.41) is 2.70. The first-order valence-electron chi connectivity index (χ1n) is 16.5. The van der Waals surface area contributed by atoms with Crippen molar-refractivity contribution in [3.05, 3.63) is 113 Å². The lowest BCUT2D eigenvalue weighted by molar-refractivity contribution is -0.152. The predicted molar refractivity (Wildman–Crippen MR) is 187 cm³/mol. The van der Waals surface area contributed by atoms with E-state index >= 15 is 0 Å². The van der Waals surface area contributed by atoms with Crippen LogP contribution in [0.25, 0.3) is 5.70 Å². The van der Waals surface area contributed by atoms with Crippen molar-refractivity contribution in [3.8, 4) is 0 Å². The number of Topliss-reactive ketones (excluding diaryl/α,β-unsaturated/α-hetero) is 2. The van der Waals surface area contributed by atoms with Crippen LogP contribution < -0.4 is 5.32 Å². The Labute approximate surface area is 297 Å². The molecule has 1 aliphatic heterocycles. The monoisotopic (exact) mass is 701 g/mol. The lowest BCUT2D eigenvalue weighted by atomic mass is 9.94. The molecule has 1 atom stereocenters. The van der Waals surface area contributed by atoms with Gasteiger partial charge in [0.1, 0.15) is 12.3 Å². The summed E-state index contributed by atoms with van der Waals surface area (Å²) in [5.41, 5.74) is 2.70. The minimum atomic E-state index is -1.16. The van der Waals surface area contributed by atoms with Gasteiger partial charge in [0.25, 0.3) is 0 Å². The Hall–Kier alpha value is -5.91. The number of hydrogen-bond donors (Lipinski definition) is 1. The largest absolute Gasteiger partial charge is 0.466 e. The van der Waals surface area contributed by atoms with E-state index in [4.69, 9.17) is 14.2 Å². The first-order chi connectivity index (χ1) is 24.6. The molecular formula is C39H43NO11. The highest BCUT2D eigenvalue weighted by Gasteiger charge is 2.32. The fourth-order valence-electron chi connectivity index (χ4n) is 4.54. The van der Waals surface area contributed by atoms with Crippen LogP contribution in [0.1, 0.15) is 73.2 Å². The molecule has 4 rings (SSSR count). The normalized spacial score (nSPS) is 12.0. The molecule has 1 aliphatic rings. The zero-order chi connectivity index (χ0) is 37.6. The third kappa shape index (κ3) is 14.2. The van der Waals surface area contributed by atoms with Crippen molar-refractivity contribution < 1.29 is 52.5 Å². The van der Waals surface area contributed by atoms with E-state index < -0.39 is 35.6 Å². The lowest BCUT2D eigenvalue weighted by Gasteiger charge is -2.13. The molecule has 1 amide bonds. The third-order valence-corrected chi connectivity index (χ3v) is 6.82. The van der Waals surface area contributed by atoms with Gasteiger partial charge in [-0.25, -0.2) is 4.79 Å². The van der Waals surface area contributed by atoms with Gasteiger partial charge in [-0.3, -0.25) is 28.8 Å². The first-order valence-corrected chi connectivity index (χ1v) is 16.5. The van der Waals surface area contributed by atoms with Crippen LogP contribution in [-0.2, 0) is 42.9 Å². The molecule has 0 aliphatic carbocycles. The van der Waals surface area contributed by atoms with E-state index in [0.717, 1.165) is 5.56 Å². The van der Waals surface area contributed by atoms with E-state index in [2.05, 4.69) is 10.1 Å². The minimum Gasteiger partial charge on any atom is -0.466 e. The topological polar surface area (TPSA) is 168 Å². The third-order valence-electron chi connectivity index (χ3n) is 6.82. The molecule has 270 valence electrons. The van der Waals surface area contributed by atoms with Gasteiger partial charge in [0.2, 0.25) is 5.91 Å². The second-order valence-electron chi connectivity index (χ2n) is 10.5. The second kappa shape index (κ2) is 22.7. The summed E-state index contributed by atoms with van der Waals surface area (Å²) in [6.45, 7) is 7.73. The van der Waals surface area contributed by atoms with Gasteiger partial charge >= 0.3 is 23.9 Å². The predicted octanol–water partition coefficient (Wildman–Crippen LogP) is 5.31. The molecule has 12 nitrogen and oxygen atoms in total. The summed E-state index contributed by atoms with van der Waals surface area (Å²) in [4.78, 5) is 81.2. The molecule has 0 saturated carbocycles. The molecule has 3 aromatic rings. The standard InChI is InChI=1S/C15H18O5.C13H13NO3.C11H12O3/c1-3-19-13(16)10-12(15(18)20-4-2)14(17)11-8-6-5-7-9-11;1-2-17-13(16)10-8-11(15)14-12(10)9-6-4-3-5-7-9;1-2-14-11(13)8-10(12)9-6-4-3-5-7-9/h5-9,12H,3-4,10H2,1-2H3;3-7H,2,8H2,1H3,(H,14,15);3-7H,2,8H2,1H3. The highest BCUT2D eigenvalue weighted by atomic mass is 16.5. The zero-order valence-corrected chi connectivity index (χ0v) is 29.2. The van der Waals surface area contributed by atoms with Gasteiger partial charge in [-0.05, 0) is 33.3 Å². The molecule has 0 fully saturated rings. The van der Waals surface area contributed by atoms with E-state index in [1.54, 1.807) is 82.3 Å². The maximum atomic E-state index is 12.3. The number of nitrogens with one attached hydrogen (secondary N) is 1. The van der Waals surface area contributed by atoms with Gasteiger partial charge in [-0.15, -0.1) is 0 Å². The molecule has 0 bridgehead atoms. The second-order valence-corrected chi connectivity index (χ2v) is 10.5. The van der Waals surface area contributed by atoms with Crippen LogP contribution in [0.2, 0.25) is 0 Å². The van der Waals surface area contributed by atoms with Gasteiger partial charge in [0, 0.05) is 11.1 Å². The summed E-state index contributed by atoms with van der Waals surface area (Å²) in [7, 11) is 0. The Morgan fingerprint density at radius 3 is 1.65 bits per heavy atom. The number of carbonyl (C=O) groups is 7. The Balaban J connectivity index is 0.000000269. The molecule has 0 radical (unpaired) electrons. The fourth-order valence-corrected chi connectivity index (χ4v) is 4.54. The molecule has 12 heteroatoms. The number of ether oxygens (including phenoxy) is 4. The molecule has 1 unspecified atom stereocenters. The van der Waals surface area contributed by atoms with Crippen molar-refractivity contribution in [2.45, 2.75) is 47.0 Å². The quantitative estimate of drug-likeness (QED) is 0.100. The molecule has 0 saturated heterocycles. The van der Waals surface area contributed by atoms with Crippen molar-refractivity contribution in [2.75, 3.05) is 26.4 Å². The van der Waals surface area contributed by atoms with Gasteiger partial charge in [0.05, 0.1) is 50.5 Å². The van der Waals surface area contributed by atoms with E-state index in [1.165, 1.54) is 0 Å². The maximum absolute atomic E-state index is 12.3. The van der Waals surface area contributed by atoms with Gasteiger partial charge in [-0.1, -0.05) is 91.0 Å². The number of ketones is 2. The Morgan fingerprint density at radius 2 is 1.12 bits per heavy atom. The molecule has 1 N–H and O–H groups in total. The number of amides is 1. The van der Waals surface area contributed by atoms with Crippen LogP contribution in [0.5, 0.6) is 0 Å². The SMILES string of the molecule is CCOC(=O)C1=C(c2ccccc2)NC(=O)C1.CCOC(=O)CC(=O)c1ccccc1.CCOC(=O)CC(C(=O)OCC)C(=O)c1ccccc1. The summed E-state index contributed by atoms with van der Waals surface area (Å²) < 4.78 is 19.3. The average Bonchev–Trinajstić information content (AvgIpc) is 3.54. The van der Waals surface area contributed by atoms with E-state index in [1.807, 2.05) is 36.4 Å². The van der Waals surface area contributed by atoms with Crippen molar-refractivity contribution in [1.29, 1.82) is 0 Å². The van der Waals surface area contributed by atoms with E-state index in [-0.39, 0.29) is 44.2 Å². The van der Waals surface area contributed by atoms with Crippen LogP contribution in [0.3, 0.4) is 0 Å². The average molecular weight is 702 g/mol. The van der Waals surface area contributed by atoms with Crippen LogP contribution >= 0.6 is 0 Å². The van der Waals surface area contributed by atoms with Crippen molar-refractivity contribution in [1.82, 2.24) is 5.32 Å². The zero-order valence-electron chi connectivity index (χ0n) is 29.2. The Kier molecular flexibility index (Phi) is 18.3. The number of hydrogen-bond acceptors (Lipinski definition) is 11. The highest BCUT2D eigenvalue weighted by Crippen LogP contribution is 2.25. The molecule has 3 aromatic carbocycles. The number of esters is 4. The van der Waals surface area contributed by atoms with Gasteiger partial charge < -0.3 is 24.3 Å². The van der Waals surface area contributed by atoms with Crippen LogP contribution in [0, 0.1) is 5.92 Å². The molecule has 0 spiro atoms. The number of benzene rings is 3. The minimum absolute atomic E-state index is 0.0864. The van der Waals surface area contributed by atoms with Crippen molar-refractivity contribution in [3.63, 3.8) is 0 Å². The van der Waals surface area contributed by atoms with Crippen LogP contribution in [-0.4, -0.2) is 67.8 Å². The first kappa shape index (κ1) is 41.3. The summed E-state index contributed by atoms with van der Waals surface area (Å²) in [5.74, 6) is -4.15. The van der Waals surface area contributed by atoms with E-state index in [9.17, 15) is 33.6 Å². The highest BCUT2D eigenvalue weighted by molar-refractivity contribution is 6.10.